The molecular weight excluding hydrogens is 256 g/mol. The molecule has 3 heterocycles. The highest BCUT2D eigenvalue weighted by Gasteiger charge is 2.09. The fraction of sp³-hybridized carbons (Fsp3) is 0.267. The van der Waals surface area contributed by atoms with Crippen molar-refractivity contribution in [1.29, 1.82) is 0 Å². The van der Waals surface area contributed by atoms with E-state index in [1.807, 2.05) is 29.7 Å². The summed E-state index contributed by atoms with van der Waals surface area (Å²) < 4.78 is 2.12. The van der Waals surface area contributed by atoms with Crippen LogP contribution in [0.15, 0.2) is 36.7 Å². The van der Waals surface area contributed by atoms with Gasteiger partial charge in [0.1, 0.15) is 5.65 Å². The van der Waals surface area contributed by atoms with Crippen LogP contribution in [0.4, 0.5) is 0 Å². The third-order valence-electron chi connectivity index (χ3n) is 3.28. The van der Waals surface area contributed by atoms with Crippen molar-refractivity contribution in [1.82, 2.24) is 9.55 Å². The van der Waals surface area contributed by atoms with E-state index in [9.17, 15) is 5.11 Å². The SMILES string of the molecule is CCc1ccc(Cn2cc(CO)c3cccnc32)s1. The largest absolute Gasteiger partial charge is 0.392 e. The first-order chi connectivity index (χ1) is 9.31. The van der Waals surface area contributed by atoms with Gasteiger partial charge in [-0.25, -0.2) is 4.98 Å². The van der Waals surface area contributed by atoms with Crippen LogP contribution in [-0.4, -0.2) is 14.7 Å². The monoisotopic (exact) mass is 272 g/mol. The summed E-state index contributed by atoms with van der Waals surface area (Å²) >= 11 is 1.84. The van der Waals surface area contributed by atoms with Crippen molar-refractivity contribution in [2.75, 3.05) is 0 Å². The quantitative estimate of drug-likeness (QED) is 0.792. The molecule has 3 rings (SSSR count). The maximum atomic E-state index is 9.42. The average molecular weight is 272 g/mol. The Morgan fingerprint density at radius 1 is 1.26 bits per heavy atom. The van der Waals surface area contributed by atoms with Crippen LogP contribution in [-0.2, 0) is 19.6 Å². The summed E-state index contributed by atoms with van der Waals surface area (Å²) in [4.78, 5) is 7.16. The lowest BCUT2D eigenvalue weighted by Crippen LogP contribution is -1.96. The maximum absolute atomic E-state index is 9.42. The minimum Gasteiger partial charge on any atom is -0.392 e. The fourth-order valence-electron chi connectivity index (χ4n) is 2.31. The van der Waals surface area contributed by atoms with E-state index >= 15 is 0 Å². The molecule has 0 saturated heterocycles. The van der Waals surface area contributed by atoms with E-state index in [-0.39, 0.29) is 6.61 Å². The van der Waals surface area contributed by atoms with Gasteiger partial charge >= 0.3 is 0 Å². The Balaban J connectivity index is 2.00. The van der Waals surface area contributed by atoms with Crippen molar-refractivity contribution in [3.8, 4) is 0 Å². The zero-order valence-electron chi connectivity index (χ0n) is 10.8. The van der Waals surface area contributed by atoms with Crippen LogP contribution < -0.4 is 0 Å². The van der Waals surface area contributed by atoms with E-state index in [4.69, 9.17) is 0 Å². The molecule has 1 N–H and O–H groups in total. The van der Waals surface area contributed by atoms with Gasteiger partial charge in [0.2, 0.25) is 0 Å². The van der Waals surface area contributed by atoms with Gasteiger partial charge in [0.15, 0.2) is 0 Å². The third-order valence-corrected chi connectivity index (χ3v) is 4.49. The predicted octanol–water partition coefficient (Wildman–Crippen LogP) is 3.20. The van der Waals surface area contributed by atoms with Crippen molar-refractivity contribution < 1.29 is 5.11 Å². The van der Waals surface area contributed by atoms with Gasteiger partial charge in [-0.3, -0.25) is 0 Å². The Kier molecular flexibility index (Phi) is 3.36. The number of aliphatic hydroxyl groups excluding tert-OH is 1. The molecule has 0 aliphatic heterocycles. The predicted molar refractivity (Wildman–Crippen MR) is 78.5 cm³/mol. The van der Waals surface area contributed by atoms with Crippen molar-refractivity contribution >= 4 is 22.4 Å². The van der Waals surface area contributed by atoms with Gasteiger partial charge in [0.25, 0.3) is 0 Å². The molecule has 0 aromatic carbocycles. The number of fused-ring (bicyclic) bond motifs is 1. The smallest absolute Gasteiger partial charge is 0.140 e. The third kappa shape index (κ3) is 2.29. The minimum atomic E-state index is 0.0554. The Morgan fingerprint density at radius 2 is 2.11 bits per heavy atom. The van der Waals surface area contributed by atoms with Crippen molar-refractivity contribution in [2.24, 2.45) is 0 Å². The van der Waals surface area contributed by atoms with Gasteiger partial charge in [-0.05, 0) is 30.7 Å². The lowest BCUT2D eigenvalue weighted by Gasteiger charge is -2.01. The number of aryl methyl sites for hydroxylation is 1. The first kappa shape index (κ1) is 12.4. The molecule has 3 aromatic rings. The summed E-state index contributed by atoms with van der Waals surface area (Å²) in [5.74, 6) is 0. The van der Waals surface area contributed by atoms with Crippen LogP contribution in [0.1, 0.15) is 22.2 Å². The molecule has 0 saturated carbocycles. The zero-order chi connectivity index (χ0) is 13.2. The molecule has 0 spiro atoms. The molecule has 0 atom stereocenters. The number of pyridine rings is 1. The Labute approximate surface area is 116 Å². The number of nitrogens with zero attached hydrogens (tertiary/aromatic N) is 2. The highest BCUT2D eigenvalue weighted by Crippen LogP contribution is 2.23. The first-order valence-electron chi connectivity index (χ1n) is 6.43. The topological polar surface area (TPSA) is 38.0 Å². The van der Waals surface area contributed by atoms with Crippen molar-refractivity contribution in [3.05, 3.63) is 52.0 Å². The van der Waals surface area contributed by atoms with Crippen molar-refractivity contribution in [3.63, 3.8) is 0 Å². The lowest BCUT2D eigenvalue weighted by molar-refractivity contribution is 0.283. The molecule has 0 aliphatic carbocycles. The van der Waals surface area contributed by atoms with Crippen LogP contribution in [0.5, 0.6) is 0 Å². The summed E-state index contributed by atoms with van der Waals surface area (Å²) in [5.41, 5.74) is 1.88. The van der Waals surface area contributed by atoms with Crippen LogP contribution in [0, 0.1) is 0 Å². The summed E-state index contributed by atoms with van der Waals surface area (Å²) in [6, 6.07) is 8.28. The van der Waals surface area contributed by atoms with E-state index in [0.717, 1.165) is 29.6 Å². The second-order valence-electron chi connectivity index (χ2n) is 4.54. The average Bonchev–Trinajstić information content (AvgIpc) is 3.04. The molecular formula is C15H16N2OS. The first-order valence-corrected chi connectivity index (χ1v) is 7.24. The Hall–Kier alpha value is -1.65. The molecule has 19 heavy (non-hydrogen) atoms. The van der Waals surface area contributed by atoms with Gasteiger partial charge < -0.3 is 9.67 Å². The van der Waals surface area contributed by atoms with Crippen LogP contribution in [0.25, 0.3) is 11.0 Å². The fourth-order valence-corrected chi connectivity index (χ4v) is 3.26. The van der Waals surface area contributed by atoms with E-state index in [0.29, 0.717) is 0 Å². The number of aromatic nitrogens is 2. The summed E-state index contributed by atoms with van der Waals surface area (Å²) in [6.07, 6.45) is 4.88. The molecule has 0 radical (unpaired) electrons. The van der Waals surface area contributed by atoms with E-state index in [1.54, 1.807) is 6.20 Å². The molecule has 98 valence electrons. The van der Waals surface area contributed by atoms with Crippen molar-refractivity contribution in [2.45, 2.75) is 26.5 Å². The highest BCUT2D eigenvalue weighted by atomic mass is 32.1. The van der Waals surface area contributed by atoms with E-state index in [1.165, 1.54) is 9.75 Å². The molecule has 0 amide bonds. The molecule has 0 bridgehead atoms. The van der Waals surface area contributed by atoms with E-state index < -0.39 is 0 Å². The Bertz CT molecular complexity index is 699. The maximum Gasteiger partial charge on any atom is 0.140 e. The van der Waals surface area contributed by atoms with Gasteiger partial charge in [-0.1, -0.05) is 6.92 Å². The van der Waals surface area contributed by atoms with Gasteiger partial charge in [-0.2, -0.15) is 0 Å². The lowest BCUT2D eigenvalue weighted by atomic mass is 10.2. The molecule has 3 aromatic heterocycles. The molecule has 3 nitrogen and oxygen atoms in total. The van der Waals surface area contributed by atoms with Gasteiger partial charge in [0.05, 0.1) is 13.2 Å². The second kappa shape index (κ2) is 5.15. The number of aliphatic hydroxyl groups is 1. The second-order valence-corrected chi connectivity index (χ2v) is 5.79. The Morgan fingerprint density at radius 3 is 2.84 bits per heavy atom. The van der Waals surface area contributed by atoms with Crippen LogP contribution in [0.2, 0.25) is 0 Å². The molecule has 0 fully saturated rings. The number of rotatable bonds is 4. The summed E-state index contributed by atoms with van der Waals surface area (Å²) in [7, 11) is 0. The normalized spacial score (nSPS) is 11.3. The number of hydrogen-bond donors (Lipinski definition) is 1. The number of hydrogen-bond acceptors (Lipinski definition) is 3. The molecule has 4 heteroatoms. The molecule has 0 aliphatic rings. The van der Waals surface area contributed by atoms with Gasteiger partial charge in [-0.15, -0.1) is 11.3 Å². The summed E-state index contributed by atoms with van der Waals surface area (Å²) in [6.45, 7) is 3.05. The molecule has 0 unspecified atom stereocenters. The number of thiophene rings is 1. The van der Waals surface area contributed by atoms with Crippen LogP contribution in [0.3, 0.4) is 0 Å². The standard InChI is InChI=1S/C15H16N2OS/c1-2-12-5-6-13(19-12)9-17-8-11(10-18)14-4-3-7-16-15(14)17/h3-8,18H,2,9-10H2,1H3. The minimum absolute atomic E-state index is 0.0554. The zero-order valence-corrected chi connectivity index (χ0v) is 11.7. The van der Waals surface area contributed by atoms with E-state index in [2.05, 4.69) is 28.6 Å². The van der Waals surface area contributed by atoms with Crippen LogP contribution >= 0.6 is 11.3 Å². The summed E-state index contributed by atoms with van der Waals surface area (Å²) in [5, 5.41) is 10.5. The highest BCUT2D eigenvalue weighted by molar-refractivity contribution is 7.11. The van der Waals surface area contributed by atoms with Gasteiger partial charge in [0, 0.05) is 33.1 Å².